The minimum Gasteiger partial charge on any atom is -0.495 e. The summed E-state index contributed by atoms with van der Waals surface area (Å²) in [6, 6.07) is 14.6. The third-order valence-corrected chi connectivity index (χ3v) is 3.78. The summed E-state index contributed by atoms with van der Waals surface area (Å²) >= 11 is 0. The van der Waals surface area contributed by atoms with Gasteiger partial charge < -0.3 is 9.47 Å². The molecule has 2 aromatic carbocycles. The van der Waals surface area contributed by atoms with Crippen molar-refractivity contribution in [1.82, 2.24) is 0 Å². The lowest BCUT2D eigenvalue weighted by molar-refractivity contribution is 0.0977. The lowest BCUT2D eigenvalue weighted by atomic mass is 10.00. The molecule has 23 heavy (non-hydrogen) atoms. The summed E-state index contributed by atoms with van der Waals surface area (Å²) in [6.07, 6.45) is -0.201. The van der Waals surface area contributed by atoms with E-state index in [4.69, 9.17) is 9.47 Å². The van der Waals surface area contributed by atoms with Crippen LogP contribution in [0.5, 0.6) is 5.75 Å². The average molecular weight is 311 g/mol. The number of hydrogen-bond donors (Lipinski definition) is 0. The predicted octanol–water partition coefficient (Wildman–Crippen LogP) is 3.42. The van der Waals surface area contributed by atoms with Crippen LogP contribution in [0.4, 0.5) is 10.5 Å². The van der Waals surface area contributed by atoms with E-state index >= 15 is 0 Å². The Labute approximate surface area is 134 Å². The molecular formula is C18H17NO4. The van der Waals surface area contributed by atoms with Gasteiger partial charge in [0.15, 0.2) is 5.78 Å². The molecule has 0 unspecified atom stereocenters. The van der Waals surface area contributed by atoms with Crippen LogP contribution in [0.2, 0.25) is 0 Å². The number of rotatable bonds is 3. The first-order chi connectivity index (χ1) is 11.2. The first-order valence-corrected chi connectivity index (χ1v) is 7.39. The number of Topliss-reactive ketones (excluding diaryl/α,β-unsaturated/α-hetero) is 1. The summed E-state index contributed by atoms with van der Waals surface area (Å²) in [5.74, 6) is 0.498. The smallest absolute Gasteiger partial charge is 0.414 e. The molecule has 0 atom stereocenters. The van der Waals surface area contributed by atoms with E-state index in [2.05, 4.69) is 0 Å². The number of benzene rings is 2. The highest BCUT2D eigenvalue weighted by atomic mass is 16.6. The highest BCUT2D eigenvalue weighted by Crippen LogP contribution is 2.36. The highest BCUT2D eigenvalue weighted by Gasteiger charge is 2.31. The lowest BCUT2D eigenvalue weighted by Crippen LogP contribution is -2.38. The number of hydrogen-bond acceptors (Lipinski definition) is 4. The molecule has 0 radical (unpaired) electrons. The number of ketones is 1. The van der Waals surface area contributed by atoms with Crippen molar-refractivity contribution in [3.05, 3.63) is 59.7 Å². The van der Waals surface area contributed by atoms with Crippen LogP contribution in [0.3, 0.4) is 0 Å². The zero-order valence-corrected chi connectivity index (χ0v) is 12.8. The van der Waals surface area contributed by atoms with Gasteiger partial charge in [-0.3, -0.25) is 9.69 Å². The molecular weight excluding hydrogens is 294 g/mol. The van der Waals surface area contributed by atoms with Crippen LogP contribution < -0.4 is 9.64 Å². The van der Waals surface area contributed by atoms with E-state index in [1.54, 1.807) is 18.2 Å². The van der Waals surface area contributed by atoms with E-state index in [-0.39, 0.29) is 18.8 Å². The molecule has 5 nitrogen and oxygen atoms in total. The number of ether oxygens (including phenoxy) is 2. The van der Waals surface area contributed by atoms with Crippen molar-refractivity contribution >= 4 is 17.6 Å². The topological polar surface area (TPSA) is 55.8 Å². The van der Waals surface area contributed by atoms with E-state index in [1.807, 2.05) is 30.3 Å². The van der Waals surface area contributed by atoms with Crippen molar-refractivity contribution < 1.29 is 19.1 Å². The standard InChI is InChI=1S/C18H17NO4/c1-22-16-9-5-8-14-15(20)10-11-19(17(14)16)18(21)23-12-13-6-3-2-4-7-13/h2-9H,10-12H2,1H3. The minimum absolute atomic E-state index is 0.00556. The van der Waals surface area contributed by atoms with Gasteiger partial charge in [-0.25, -0.2) is 4.79 Å². The van der Waals surface area contributed by atoms with E-state index in [9.17, 15) is 9.59 Å². The molecule has 0 saturated heterocycles. The molecule has 2 aromatic rings. The van der Waals surface area contributed by atoms with Crippen LogP contribution in [0.15, 0.2) is 48.5 Å². The van der Waals surface area contributed by atoms with Crippen molar-refractivity contribution in [2.75, 3.05) is 18.6 Å². The molecule has 0 aliphatic carbocycles. The zero-order chi connectivity index (χ0) is 16.2. The molecule has 0 fully saturated rings. The molecule has 1 heterocycles. The molecule has 1 amide bonds. The average Bonchev–Trinajstić information content (AvgIpc) is 2.60. The molecule has 3 rings (SSSR count). The van der Waals surface area contributed by atoms with Gasteiger partial charge in [0.1, 0.15) is 12.4 Å². The molecule has 0 saturated carbocycles. The second-order valence-electron chi connectivity index (χ2n) is 5.22. The van der Waals surface area contributed by atoms with E-state index in [1.165, 1.54) is 12.0 Å². The van der Waals surface area contributed by atoms with Gasteiger partial charge in [0.25, 0.3) is 0 Å². The number of amides is 1. The van der Waals surface area contributed by atoms with Gasteiger partial charge in [-0.15, -0.1) is 0 Å². The Morgan fingerprint density at radius 1 is 1.13 bits per heavy atom. The van der Waals surface area contributed by atoms with Crippen LogP contribution >= 0.6 is 0 Å². The fourth-order valence-electron chi connectivity index (χ4n) is 2.63. The van der Waals surface area contributed by atoms with Crippen molar-refractivity contribution in [2.45, 2.75) is 13.0 Å². The van der Waals surface area contributed by atoms with Gasteiger partial charge in [0.2, 0.25) is 0 Å². The Hall–Kier alpha value is -2.82. The quantitative estimate of drug-likeness (QED) is 0.871. The van der Waals surface area contributed by atoms with Gasteiger partial charge in [-0.05, 0) is 17.7 Å². The predicted molar refractivity (Wildman–Crippen MR) is 85.9 cm³/mol. The molecule has 0 bridgehead atoms. The molecule has 0 N–H and O–H groups in total. The number of methoxy groups -OCH3 is 1. The van der Waals surface area contributed by atoms with E-state index < -0.39 is 6.09 Å². The third kappa shape index (κ3) is 3.04. The van der Waals surface area contributed by atoms with Gasteiger partial charge in [0, 0.05) is 18.5 Å². The monoisotopic (exact) mass is 311 g/mol. The van der Waals surface area contributed by atoms with Gasteiger partial charge in [0.05, 0.1) is 12.8 Å². The molecule has 0 aromatic heterocycles. The van der Waals surface area contributed by atoms with Crippen molar-refractivity contribution in [1.29, 1.82) is 0 Å². The fraction of sp³-hybridized carbons (Fsp3) is 0.222. The zero-order valence-electron chi connectivity index (χ0n) is 12.8. The molecule has 1 aliphatic heterocycles. The Balaban J connectivity index is 1.82. The van der Waals surface area contributed by atoms with Crippen LogP contribution in [-0.4, -0.2) is 25.5 Å². The number of carbonyl (C=O) groups excluding carboxylic acids is 2. The maximum Gasteiger partial charge on any atom is 0.414 e. The first-order valence-electron chi connectivity index (χ1n) is 7.39. The van der Waals surface area contributed by atoms with Gasteiger partial charge in [-0.2, -0.15) is 0 Å². The number of para-hydroxylation sites is 1. The maximum atomic E-state index is 12.4. The maximum absolute atomic E-state index is 12.4. The SMILES string of the molecule is COc1cccc2c1N(C(=O)OCc1ccccc1)CCC2=O. The largest absolute Gasteiger partial charge is 0.495 e. The summed E-state index contributed by atoms with van der Waals surface area (Å²) < 4.78 is 10.7. The number of carbonyl (C=O) groups is 2. The highest BCUT2D eigenvalue weighted by molar-refractivity contribution is 6.09. The Morgan fingerprint density at radius 2 is 1.91 bits per heavy atom. The molecule has 1 aliphatic rings. The summed E-state index contributed by atoms with van der Waals surface area (Å²) in [7, 11) is 1.52. The van der Waals surface area contributed by atoms with E-state index in [0.29, 0.717) is 23.5 Å². The number of fused-ring (bicyclic) bond motifs is 1. The van der Waals surface area contributed by atoms with Gasteiger partial charge >= 0.3 is 6.09 Å². The Morgan fingerprint density at radius 3 is 2.65 bits per heavy atom. The van der Waals surface area contributed by atoms with Crippen molar-refractivity contribution in [3.63, 3.8) is 0 Å². The molecule has 118 valence electrons. The summed E-state index contributed by atoms with van der Waals surface area (Å²) in [5.41, 5.74) is 1.89. The molecule has 5 heteroatoms. The second-order valence-corrected chi connectivity index (χ2v) is 5.22. The number of nitrogens with zero attached hydrogens (tertiary/aromatic N) is 1. The number of anilines is 1. The Kier molecular flexibility index (Phi) is 4.28. The summed E-state index contributed by atoms with van der Waals surface area (Å²) in [6.45, 7) is 0.481. The van der Waals surface area contributed by atoms with Crippen LogP contribution in [-0.2, 0) is 11.3 Å². The van der Waals surface area contributed by atoms with Crippen molar-refractivity contribution in [2.24, 2.45) is 0 Å². The lowest BCUT2D eigenvalue weighted by Gasteiger charge is -2.29. The third-order valence-electron chi connectivity index (χ3n) is 3.78. The summed E-state index contributed by atoms with van der Waals surface area (Å²) in [5, 5.41) is 0. The van der Waals surface area contributed by atoms with Crippen LogP contribution in [0, 0.1) is 0 Å². The first kappa shape index (κ1) is 15.1. The van der Waals surface area contributed by atoms with E-state index in [0.717, 1.165) is 5.56 Å². The van der Waals surface area contributed by atoms with Gasteiger partial charge in [-0.1, -0.05) is 36.4 Å². The fourth-order valence-corrected chi connectivity index (χ4v) is 2.63. The summed E-state index contributed by atoms with van der Waals surface area (Å²) in [4.78, 5) is 26.0. The van der Waals surface area contributed by atoms with Crippen LogP contribution in [0.25, 0.3) is 0 Å². The Bertz CT molecular complexity index is 727. The van der Waals surface area contributed by atoms with Crippen LogP contribution in [0.1, 0.15) is 22.3 Å². The molecule has 0 spiro atoms. The normalized spacial score (nSPS) is 13.4. The second kappa shape index (κ2) is 6.52. The minimum atomic E-state index is -0.480. The van der Waals surface area contributed by atoms with Crippen molar-refractivity contribution in [3.8, 4) is 5.75 Å².